The van der Waals surface area contributed by atoms with E-state index in [1.54, 1.807) is 0 Å². The summed E-state index contributed by atoms with van der Waals surface area (Å²) < 4.78 is 69.2. The fraction of sp³-hybridized carbons (Fsp3) is 0.417. The summed E-state index contributed by atoms with van der Waals surface area (Å²) in [6.45, 7) is -6.16. The lowest BCUT2D eigenvalue weighted by Crippen LogP contribution is -2.33. The maximum atomic E-state index is 12.6. The van der Waals surface area contributed by atoms with Crippen molar-refractivity contribution < 1.29 is 25.2 Å². The van der Waals surface area contributed by atoms with Crippen LogP contribution in [-0.2, 0) is 0 Å². The predicted octanol–water partition coefficient (Wildman–Crippen LogP) is 1.60. The van der Waals surface area contributed by atoms with Gasteiger partial charge < -0.3 is 14.8 Å². The van der Waals surface area contributed by atoms with Crippen LogP contribution < -0.4 is 14.8 Å². The Bertz CT molecular complexity index is 640. The summed E-state index contributed by atoms with van der Waals surface area (Å²) in [7, 11) is 0. The Kier molecular flexibility index (Phi) is 1.35. The van der Waals surface area contributed by atoms with Crippen molar-refractivity contribution in [3.05, 3.63) is 23.8 Å². The molecule has 0 aromatic heterocycles. The van der Waals surface area contributed by atoms with Gasteiger partial charge in [0.1, 0.15) is 0 Å². The van der Waals surface area contributed by atoms with E-state index in [1.165, 1.54) is 18.2 Å². The Hall–Kier alpha value is -1.55. The predicted molar refractivity (Wildman–Crippen MR) is 60.0 cm³/mol. The zero-order chi connectivity index (χ0) is 18.3. The minimum atomic E-state index is -3.21. The van der Waals surface area contributed by atoms with Gasteiger partial charge in [-0.05, 0) is 31.5 Å². The third-order valence-electron chi connectivity index (χ3n) is 2.21. The molecule has 86 valence electrons. The zero-order valence-corrected chi connectivity index (χ0v) is 8.24. The van der Waals surface area contributed by atoms with Crippen molar-refractivity contribution in [2.24, 2.45) is 0 Å². The summed E-state index contributed by atoms with van der Waals surface area (Å²) in [5.74, 6) is -0.390. The van der Waals surface area contributed by atoms with Gasteiger partial charge in [0.2, 0.25) is 6.79 Å². The maximum absolute atomic E-state index is 12.6. The molecule has 0 saturated heterocycles. The topological polar surface area (TPSA) is 47.6 Å². The molecular weight excluding hydrogens is 206 g/mol. The van der Waals surface area contributed by atoms with Crippen LogP contribution in [0.1, 0.15) is 34.5 Å². The van der Waals surface area contributed by atoms with Gasteiger partial charge in [-0.3, -0.25) is 4.79 Å². The average molecular weight is 229 g/mol. The molecule has 1 atom stereocenters. The molecule has 4 nitrogen and oxygen atoms in total. The van der Waals surface area contributed by atoms with Gasteiger partial charge in [-0.15, -0.1) is 0 Å². The highest BCUT2D eigenvalue weighted by molar-refractivity contribution is 6.00. The van der Waals surface area contributed by atoms with Gasteiger partial charge >= 0.3 is 0 Å². The number of ether oxygens (including phenoxy) is 2. The molecule has 1 unspecified atom stereocenters. The molecule has 1 N–H and O–H groups in total. The molecule has 1 aromatic rings. The molecule has 0 amide bonds. The SMILES string of the molecule is [2H]C([2H])([2H])NC(C(=O)c1ccc2c(c1)OCO2)C([2H])([2H])C([2H])([2H])[2H]. The van der Waals surface area contributed by atoms with Crippen LogP contribution in [0.4, 0.5) is 0 Å². The fourth-order valence-electron chi connectivity index (χ4n) is 1.38. The van der Waals surface area contributed by atoms with Crippen molar-refractivity contribution in [2.45, 2.75) is 19.3 Å². The first-order valence-electron chi connectivity index (χ1n) is 8.54. The molecule has 16 heavy (non-hydrogen) atoms. The van der Waals surface area contributed by atoms with Crippen LogP contribution in [0, 0.1) is 0 Å². The smallest absolute Gasteiger partial charge is 0.231 e. The summed E-state index contributed by atoms with van der Waals surface area (Å²) in [5, 5.41) is 1.81. The van der Waals surface area contributed by atoms with Crippen molar-refractivity contribution in [3.8, 4) is 11.5 Å². The van der Waals surface area contributed by atoms with E-state index >= 15 is 0 Å². The Balaban J connectivity index is 2.41. The van der Waals surface area contributed by atoms with E-state index in [0.717, 1.165) is 0 Å². The second-order valence-corrected chi connectivity index (χ2v) is 3.15. The number of likely N-dealkylation sites (N-methyl/N-ethyl adjacent to an activating group) is 1. The number of hydrogen-bond acceptors (Lipinski definition) is 4. The number of fused-ring (bicyclic) bond motifs is 1. The van der Waals surface area contributed by atoms with E-state index in [1.807, 2.05) is 5.32 Å². The van der Waals surface area contributed by atoms with Gasteiger partial charge in [-0.25, -0.2) is 0 Å². The quantitative estimate of drug-likeness (QED) is 0.797. The molecule has 2 rings (SSSR count). The van der Waals surface area contributed by atoms with Crippen LogP contribution in [0.3, 0.4) is 0 Å². The van der Waals surface area contributed by atoms with Crippen LogP contribution in [-0.4, -0.2) is 25.6 Å². The zero-order valence-electron chi connectivity index (χ0n) is 16.2. The molecule has 1 aliphatic rings. The van der Waals surface area contributed by atoms with Crippen LogP contribution >= 0.6 is 0 Å². The second-order valence-electron chi connectivity index (χ2n) is 3.15. The molecule has 0 radical (unpaired) electrons. The van der Waals surface area contributed by atoms with Crippen LogP contribution in [0.15, 0.2) is 18.2 Å². The minimum absolute atomic E-state index is 0.0416. The molecule has 1 aromatic carbocycles. The van der Waals surface area contributed by atoms with E-state index in [0.29, 0.717) is 5.75 Å². The molecule has 0 spiro atoms. The number of benzene rings is 1. The molecule has 0 fully saturated rings. The summed E-state index contributed by atoms with van der Waals surface area (Å²) in [6.07, 6.45) is -3.10. The van der Waals surface area contributed by atoms with Crippen molar-refractivity contribution in [1.29, 1.82) is 0 Å². The first-order chi connectivity index (χ1) is 10.8. The number of rotatable bonds is 4. The highest BCUT2D eigenvalue weighted by atomic mass is 16.7. The standard InChI is InChI=1S/C12H15NO3/c1-3-9(13-2)12(14)8-4-5-10-11(6-8)16-7-15-10/h4-6,9,13H,3,7H2,1-2H3/i1D3,2D3,3D2. The van der Waals surface area contributed by atoms with Crippen molar-refractivity contribution in [3.63, 3.8) is 0 Å². The van der Waals surface area contributed by atoms with Crippen LogP contribution in [0.5, 0.6) is 11.5 Å². The van der Waals surface area contributed by atoms with Gasteiger partial charge in [-0.1, -0.05) is 6.85 Å². The Morgan fingerprint density at radius 1 is 1.62 bits per heavy atom. The summed E-state index contributed by atoms with van der Waals surface area (Å²) in [4.78, 5) is 12.6. The van der Waals surface area contributed by atoms with Crippen LogP contribution in [0.25, 0.3) is 0 Å². The highest BCUT2D eigenvalue weighted by Gasteiger charge is 2.20. The lowest BCUT2D eigenvalue weighted by Gasteiger charge is -2.12. The number of ketones is 1. The molecule has 0 bridgehead atoms. The normalized spacial score (nSPS) is 24.8. The summed E-state index contributed by atoms with van der Waals surface area (Å²) in [6, 6.07) is 1.86. The number of nitrogens with one attached hydrogen (secondary N) is 1. The largest absolute Gasteiger partial charge is 0.454 e. The Morgan fingerprint density at radius 3 is 3.31 bits per heavy atom. The van der Waals surface area contributed by atoms with Crippen molar-refractivity contribution >= 4 is 5.78 Å². The van der Waals surface area contributed by atoms with Gasteiger partial charge in [0.15, 0.2) is 17.3 Å². The second kappa shape index (κ2) is 4.53. The van der Waals surface area contributed by atoms with Gasteiger partial charge in [0, 0.05) is 16.5 Å². The van der Waals surface area contributed by atoms with Crippen molar-refractivity contribution in [2.75, 3.05) is 13.8 Å². The number of carbonyl (C=O) groups is 1. The number of Topliss-reactive ketones (excluding diaryl/α,β-unsaturated/α-hetero) is 1. The summed E-state index contributed by atoms with van der Waals surface area (Å²) >= 11 is 0. The first-order valence-corrected chi connectivity index (χ1v) is 4.54. The molecule has 0 saturated carbocycles. The summed E-state index contributed by atoms with van der Waals surface area (Å²) in [5.41, 5.74) is -0.0888. The minimum Gasteiger partial charge on any atom is -0.454 e. The fourth-order valence-corrected chi connectivity index (χ4v) is 1.38. The molecule has 1 heterocycles. The van der Waals surface area contributed by atoms with E-state index in [2.05, 4.69) is 0 Å². The van der Waals surface area contributed by atoms with E-state index in [9.17, 15) is 4.79 Å². The number of carbonyl (C=O) groups excluding carboxylic acids is 1. The monoisotopic (exact) mass is 229 g/mol. The average Bonchev–Trinajstić information content (AvgIpc) is 2.89. The molecule has 4 heteroatoms. The third kappa shape index (κ3) is 1.88. The Morgan fingerprint density at radius 2 is 2.50 bits per heavy atom. The number of hydrogen-bond donors (Lipinski definition) is 1. The van der Waals surface area contributed by atoms with Gasteiger partial charge in [-0.2, -0.15) is 0 Å². The third-order valence-corrected chi connectivity index (χ3v) is 2.21. The van der Waals surface area contributed by atoms with Gasteiger partial charge in [0.25, 0.3) is 0 Å². The Labute approximate surface area is 106 Å². The van der Waals surface area contributed by atoms with Crippen molar-refractivity contribution in [1.82, 2.24) is 5.32 Å². The molecular formula is C12H15NO3. The van der Waals surface area contributed by atoms with E-state index in [4.69, 9.17) is 20.4 Å². The van der Waals surface area contributed by atoms with E-state index in [-0.39, 0.29) is 18.1 Å². The maximum Gasteiger partial charge on any atom is 0.231 e. The molecule has 0 aliphatic carbocycles. The van der Waals surface area contributed by atoms with Crippen LogP contribution in [0.2, 0.25) is 0 Å². The highest BCUT2D eigenvalue weighted by Crippen LogP contribution is 2.32. The first kappa shape index (κ1) is 4.75. The molecule has 1 aliphatic heterocycles. The van der Waals surface area contributed by atoms with Gasteiger partial charge in [0.05, 0.1) is 6.04 Å². The lowest BCUT2D eigenvalue weighted by atomic mass is 10.0. The van der Waals surface area contributed by atoms with E-state index < -0.39 is 32.0 Å². The lowest BCUT2D eigenvalue weighted by molar-refractivity contribution is 0.0944.